The number of amides is 1. The fourth-order valence-electron chi connectivity index (χ4n) is 4.04. The maximum absolute atomic E-state index is 12.2. The summed E-state index contributed by atoms with van der Waals surface area (Å²) in [7, 11) is 0. The van der Waals surface area contributed by atoms with Crippen LogP contribution in [-0.4, -0.2) is 19.2 Å². The van der Waals surface area contributed by atoms with Gasteiger partial charge in [-0.1, -0.05) is 91.9 Å². The van der Waals surface area contributed by atoms with Crippen LogP contribution in [0.3, 0.4) is 0 Å². The summed E-state index contributed by atoms with van der Waals surface area (Å²) in [6.07, 6.45) is 5.61. The summed E-state index contributed by atoms with van der Waals surface area (Å²) in [6.45, 7) is 3.06. The third-order valence-electron chi connectivity index (χ3n) is 5.59. The molecule has 0 unspecified atom stereocenters. The van der Waals surface area contributed by atoms with Crippen molar-refractivity contribution in [2.45, 2.75) is 25.7 Å². The summed E-state index contributed by atoms with van der Waals surface area (Å²) in [5.41, 5.74) is 7.44. The maximum Gasteiger partial charge on any atom is 0.407 e. The van der Waals surface area contributed by atoms with Crippen LogP contribution in [0.15, 0.2) is 78.9 Å². The Hall–Kier alpha value is -3.33. The zero-order valence-corrected chi connectivity index (χ0v) is 17.3. The van der Waals surface area contributed by atoms with Crippen LogP contribution in [0.5, 0.6) is 0 Å². The van der Waals surface area contributed by atoms with Crippen molar-refractivity contribution in [3.8, 4) is 11.1 Å². The highest BCUT2D eigenvalue weighted by Gasteiger charge is 2.28. The highest BCUT2D eigenvalue weighted by molar-refractivity contribution is 5.79. The Morgan fingerprint density at radius 3 is 2.37 bits per heavy atom. The number of alkyl carbamates (subject to hydrolysis) is 1. The number of rotatable bonds is 7. The number of ether oxygens (including phenoxy) is 1. The number of hydrogen-bond acceptors (Lipinski definition) is 2. The Balaban J connectivity index is 1.27. The van der Waals surface area contributed by atoms with E-state index in [-0.39, 0.29) is 12.0 Å². The van der Waals surface area contributed by atoms with Crippen molar-refractivity contribution in [3.63, 3.8) is 0 Å². The van der Waals surface area contributed by atoms with E-state index in [1.807, 2.05) is 12.1 Å². The van der Waals surface area contributed by atoms with Crippen molar-refractivity contribution < 1.29 is 9.53 Å². The molecule has 3 nitrogen and oxygen atoms in total. The first-order chi connectivity index (χ1) is 14.8. The van der Waals surface area contributed by atoms with Gasteiger partial charge >= 0.3 is 6.09 Å². The average Bonchev–Trinajstić information content (AvgIpc) is 3.11. The van der Waals surface area contributed by atoms with Gasteiger partial charge < -0.3 is 10.1 Å². The van der Waals surface area contributed by atoms with Gasteiger partial charge in [0.2, 0.25) is 0 Å². The summed E-state index contributed by atoms with van der Waals surface area (Å²) in [5.74, 6) is 0.0916. The van der Waals surface area contributed by atoms with E-state index in [1.54, 1.807) is 0 Å². The van der Waals surface area contributed by atoms with Gasteiger partial charge in [0.25, 0.3) is 0 Å². The molecule has 0 atom stereocenters. The maximum atomic E-state index is 12.2. The Morgan fingerprint density at radius 2 is 1.67 bits per heavy atom. The van der Waals surface area contributed by atoms with Crippen LogP contribution < -0.4 is 5.32 Å². The van der Waals surface area contributed by atoms with Gasteiger partial charge in [0.1, 0.15) is 6.61 Å². The molecule has 1 amide bonds. The molecule has 3 aromatic carbocycles. The van der Waals surface area contributed by atoms with Crippen molar-refractivity contribution in [3.05, 3.63) is 101 Å². The van der Waals surface area contributed by atoms with Crippen LogP contribution in [0.25, 0.3) is 17.2 Å². The summed E-state index contributed by atoms with van der Waals surface area (Å²) < 4.78 is 5.56. The molecule has 0 saturated heterocycles. The number of carbonyl (C=O) groups is 1. The molecule has 0 spiro atoms. The van der Waals surface area contributed by atoms with Gasteiger partial charge in [0.15, 0.2) is 0 Å². The van der Waals surface area contributed by atoms with Gasteiger partial charge in [-0.15, -0.1) is 0 Å². The number of benzene rings is 3. The van der Waals surface area contributed by atoms with E-state index in [2.05, 4.69) is 85.1 Å². The topological polar surface area (TPSA) is 38.3 Å². The number of nitrogens with one attached hydrogen (secondary N) is 1. The summed E-state index contributed by atoms with van der Waals surface area (Å²) in [6, 6.07) is 25.2. The van der Waals surface area contributed by atoms with Gasteiger partial charge in [0.05, 0.1) is 0 Å². The zero-order chi connectivity index (χ0) is 20.8. The van der Waals surface area contributed by atoms with Crippen molar-refractivity contribution in [1.82, 2.24) is 5.32 Å². The SMILES string of the molecule is CCc1cccc(C=CCCNC(=O)OCC2c3ccccc3-c3ccccc32)c1. The van der Waals surface area contributed by atoms with E-state index >= 15 is 0 Å². The van der Waals surface area contributed by atoms with Crippen LogP contribution in [0.2, 0.25) is 0 Å². The molecule has 0 fully saturated rings. The van der Waals surface area contributed by atoms with Crippen molar-refractivity contribution >= 4 is 12.2 Å². The first-order valence-corrected chi connectivity index (χ1v) is 10.6. The van der Waals surface area contributed by atoms with Gasteiger partial charge in [-0.3, -0.25) is 0 Å². The van der Waals surface area contributed by atoms with E-state index in [9.17, 15) is 4.79 Å². The van der Waals surface area contributed by atoms with Crippen LogP contribution in [-0.2, 0) is 11.2 Å². The average molecular weight is 398 g/mol. The molecule has 152 valence electrons. The fourth-order valence-corrected chi connectivity index (χ4v) is 4.04. The lowest BCUT2D eigenvalue weighted by Crippen LogP contribution is -2.26. The van der Waals surface area contributed by atoms with Crippen LogP contribution in [0, 0.1) is 0 Å². The Bertz CT molecular complexity index is 1010. The van der Waals surface area contributed by atoms with Crippen molar-refractivity contribution in [1.29, 1.82) is 0 Å². The van der Waals surface area contributed by atoms with Crippen LogP contribution >= 0.6 is 0 Å². The van der Waals surface area contributed by atoms with E-state index < -0.39 is 0 Å². The Kier molecular flexibility index (Phi) is 6.29. The molecule has 0 radical (unpaired) electrons. The second kappa shape index (κ2) is 9.45. The summed E-state index contributed by atoms with van der Waals surface area (Å²) in [5, 5.41) is 2.85. The van der Waals surface area contributed by atoms with Crippen molar-refractivity contribution in [2.24, 2.45) is 0 Å². The highest BCUT2D eigenvalue weighted by Crippen LogP contribution is 2.44. The van der Waals surface area contributed by atoms with Gasteiger partial charge in [-0.2, -0.15) is 0 Å². The molecular formula is C27H27NO2. The van der Waals surface area contributed by atoms with Gasteiger partial charge in [-0.05, 0) is 46.2 Å². The normalized spacial score (nSPS) is 12.6. The molecule has 4 rings (SSSR count). The standard InChI is InChI=1S/C27H27NO2/c1-2-20-11-9-12-21(18-20)10-7-8-17-28-27(29)30-19-26-24-15-5-3-13-22(24)23-14-4-6-16-25(23)26/h3-7,9-16,18,26H,2,8,17,19H2,1H3,(H,28,29). The molecule has 3 heteroatoms. The van der Waals surface area contributed by atoms with E-state index in [0.717, 1.165) is 12.8 Å². The molecule has 0 saturated carbocycles. The van der Waals surface area contributed by atoms with E-state index in [4.69, 9.17) is 4.74 Å². The minimum absolute atomic E-state index is 0.0916. The minimum Gasteiger partial charge on any atom is -0.449 e. The smallest absolute Gasteiger partial charge is 0.407 e. The molecule has 1 aliphatic rings. The quantitative estimate of drug-likeness (QED) is 0.483. The molecule has 0 aliphatic heterocycles. The second-order valence-electron chi connectivity index (χ2n) is 7.54. The highest BCUT2D eigenvalue weighted by atomic mass is 16.5. The predicted octanol–water partition coefficient (Wildman–Crippen LogP) is 6.19. The van der Waals surface area contributed by atoms with E-state index in [0.29, 0.717) is 13.2 Å². The third-order valence-corrected chi connectivity index (χ3v) is 5.59. The second-order valence-corrected chi connectivity index (χ2v) is 7.54. The Labute approximate surface area is 178 Å². The number of carbonyl (C=O) groups excluding carboxylic acids is 1. The molecule has 0 bridgehead atoms. The molecule has 1 N–H and O–H groups in total. The number of aryl methyl sites for hydroxylation is 1. The third kappa shape index (κ3) is 4.46. The number of fused-ring (bicyclic) bond motifs is 3. The minimum atomic E-state index is -0.363. The molecular weight excluding hydrogens is 370 g/mol. The molecule has 30 heavy (non-hydrogen) atoms. The molecule has 1 aliphatic carbocycles. The lowest BCUT2D eigenvalue weighted by molar-refractivity contribution is 0.143. The largest absolute Gasteiger partial charge is 0.449 e. The molecule has 0 aromatic heterocycles. The lowest BCUT2D eigenvalue weighted by Gasteiger charge is -2.14. The first-order valence-electron chi connectivity index (χ1n) is 10.6. The van der Waals surface area contributed by atoms with Crippen LogP contribution in [0.4, 0.5) is 4.79 Å². The van der Waals surface area contributed by atoms with E-state index in [1.165, 1.54) is 33.4 Å². The van der Waals surface area contributed by atoms with Gasteiger partial charge in [0, 0.05) is 12.5 Å². The number of hydrogen-bond donors (Lipinski definition) is 1. The predicted molar refractivity (Wildman–Crippen MR) is 123 cm³/mol. The summed E-state index contributed by atoms with van der Waals surface area (Å²) >= 11 is 0. The van der Waals surface area contributed by atoms with Crippen molar-refractivity contribution in [2.75, 3.05) is 13.2 Å². The molecule has 0 heterocycles. The molecule has 3 aromatic rings. The lowest BCUT2D eigenvalue weighted by atomic mass is 9.98. The summed E-state index contributed by atoms with van der Waals surface area (Å²) in [4.78, 5) is 12.2. The zero-order valence-electron chi connectivity index (χ0n) is 17.3. The van der Waals surface area contributed by atoms with Gasteiger partial charge in [-0.25, -0.2) is 4.79 Å². The fraction of sp³-hybridized carbons (Fsp3) is 0.222. The first kappa shape index (κ1) is 20.0. The van der Waals surface area contributed by atoms with Crippen LogP contribution in [0.1, 0.15) is 41.5 Å². The monoisotopic (exact) mass is 397 g/mol. The Morgan fingerprint density at radius 1 is 0.967 bits per heavy atom.